The minimum Gasteiger partial charge on any atom is -0.495 e. The van der Waals surface area contributed by atoms with Gasteiger partial charge < -0.3 is 20.3 Å². The number of methoxy groups -OCH3 is 1. The summed E-state index contributed by atoms with van der Waals surface area (Å²) in [5.41, 5.74) is 0.741. The van der Waals surface area contributed by atoms with E-state index in [1.54, 1.807) is 19.1 Å². The van der Waals surface area contributed by atoms with E-state index in [1.807, 2.05) is 24.3 Å². The molecule has 0 spiro atoms. The monoisotopic (exact) mass is 277 g/mol. The van der Waals surface area contributed by atoms with E-state index in [-0.39, 0.29) is 24.4 Å². The Balaban J connectivity index is 2.07. The third kappa shape index (κ3) is 3.08. The summed E-state index contributed by atoms with van der Waals surface area (Å²) in [5, 5.41) is 5.63. The Hall–Kier alpha value is -2.08. The SMILES string of the molecule is CNCC(=O)NC1CC(=O)N(c2ccccc2OC)C1. The lowest BCUT2D eigenvalue weighted by molar-refractivity contribution is -0.120. The summed E-state index contributed by atoms with van der Waals surface area (Å²) in [6.45, 7) is 0.716. The van der Waals surface area contributed by atoms with Crippen molar-refractivity contribution in [2.75, 3.05) is 32.1 Å². The molecular weight excluding hydrogens is 258 g/mol. The molecule has 1 aliphatic heterocycles. The Labute approximate surface area is 118 Å². The Kier molecular flexibility index (Phi) is 4.57. The molecule has 1 unspecified atom stereocenters. The lowest BCUT2D eigenvalue weighted by Gasteiger charge is -2.19. The fourth-order valence-corrected chi connectivity index (χ4v) is 2.33. The van der Waals surface area contributed by atoms with Gasteiger partial charge in [0, 0.05) is 13.0 Å². The van der Waals surface area contributed by atoms with Crippen LogP contribution in [-0.4, -0.2) is 45.1 Å². The van der Waals surface area contributed by atoms with Gasteiger partial charge >= 0.3 is 0 Å². The van der Waals surface area contributed by atoms with Crippen LogP contribution >= 0.6 is 0 Å². The molecule has 2 rings (SSSR count). The van der Waals surface area contributed by atoms with E-state index < -0.39 is 0 Å². The highest BCUT2D eigenvalue weighted by molar-refractivity contribution is 5.98. The van der Waals surface area contributed by atoms with Gasteiger partial charge in [-0.25, -0.2) is 0 Å². The van der Waals surface area contributed by atoms with Crippen LogP contribution in [0.2, 0.25) is 0 Å². The second-order valence-corrected chi connectivity index (χ2v) is 4.68. The van der Waals surface area contributed by atoms with Crippen LogP contribution in [0.4, 0.5) is 5.69 Å². The minimum absolute atomic E-state index is 0.00995. The summed E-state index contributed by atoms with van der Waals surface area (Å²) < 4.78 is 5.27. The van der Waals surface area contributed by atoms with Crippen molar-refractivity contribution in [1.29, 1.82) is 0 Å². The maximum absolute atomic E-state index is 12.1. The van der Waals surface area contributed by atoms with E-state index in [9.17, 15) is 9.59 Å². The first kappa shape index (κ1) is 14.3. The van der Waals surface area contributed by atoms with Crippen molar-refractivity contribution in [1.82, 2.24) is 10.6 Å². The third-order valence-electron chi connectivity index (χ3n) is 3.20. The van der Waals surface area contributed by atoms with Gasteiger partial charge in [0.2, 0.25) is 11.8 Å². The number of hydrogen-bond donors (Lipinski definition) is 2. The summed E-state index contributed by atoms with van der Waals surface area (Å²) in [4.78, 5) is 25.3. The molecule has 108 valence electrons. The maximum Gasteiger partial charge on any atom is 0.234 e. The second kappa shape index (κ2) is 6.38. The molecule has 0 aliphatic carbocycles. The molecule has 1 aromatic rings. The van der Waals surface area contributed by atoms with Crippen molar-refractivity contribution in [2.45, 2.75) is 12.5 Å². The Bertz CT molecular complexity index is 504. The molecule has 20 heavy (non-hydrogen) atoms. The number of nitrogens with zero attached hydrogens (tertiary/aromatic N) is 1. The first-order valence-corrected chi connectivity index (χ1v) is 6.53. The third-order valence-corrected chi connectivity index (χ3v) is 3.20. The summed E-state index contributed by atoms with van der Waals surface area (Å²) in [6.07, 6.45) is 0.313. The number of carbonyl (C=O) groups is 2. The topological polar surface area (TPSA) is 70.7 Å². The number of likely N-dealkylation sites (N-methyl/N-ethyl adjacent to an activating group) is 1. The molecule has 2 amide bonds. The van der Waals surface area contributed by atoms with E-state index in [0.717, 1.165) is 5.69 Å². The average Bonchev–Trinajstić information content (AvgIpc) is 2.79. The van der Waals surface area contributed by atoms with Crippen LogP contribution in [0, 0.1) is 0 Å². The molecule has 1 fully saturated rings. The molecule has 0 bridgehead atoms. The Morgan fingerprint density at radius 1 is 1.45 bits per heavy atom. The lowest BCUT2D eigenvalue weighted by Crippen LogP contribution is -2.41. The van der Waals surface area contributed by atoms with Gasteiger partial charge in [0.25, 0.3) is 0 Å². The number of anilines is 1. The molecule has 1 aliphatic rings. The van der Waals surface area contributed by atoms with Crippen LogP contribution in [0.1, 0.15) is 6.42 Å². The smallest absolute Gasteiger partial charge is 0.234 e. The molecule has 1 atom stereocenters. The zero-order valence-electron chi connectivity index (χ0n) is 11.7. The minimum atomic E-state index is -0.159. The van der Waals surface area contributed by atoms with Gasteiger partial charge in [0.05, 0.1) is 25.4 Å². The van der Waals surface area contributed by atoms with E-state index in [2.05, 4.69) is 10.6 Å². The van der Waals surface area contributed by atoms with Gasteiger partial charge in [-0.05, 0) is 19.2 Å². The number of para-hydroxylation sites is 2. The molecule has 2 N–H and O–H groups in total. The van der Waals surface area contributed by atoms with Crippen molar-refractivity contribution in [3.05, 3.63) is 24.3 Å². The van der Waals surface area contributed by atoms with Crippen LogP contribution in [-0.2, 0) is 9.59 Å². The normalized spacial score (nSPS) is 18.2. The number of benzene rings is 1. The van der Waals surface area contributed by atoms with Crippen LogP contribution in [0.15, 0.2) is 24.3 Å². The molecule has 1 heterocycles. The van der Waals surface area contributed by atoms with Gasteiger partial charge in [-0.1, -0.05) is 12.1 Å². The Morgan fingerprint density at radius 3 is 2.90 bits per heavy atom. The zero-order valence-corrected chi connectivity index (χ0v) is 11.7. The highest BCUT2D eigenvalue weighted by atomic mass is 16.5. The molecule has 1 saturated heterocycles. The Morgan fingerprint density at radius 2 is 2.20 bits per heavy atom. The second-order valence-electron chi connectivity index (χ2n) is 4.68. The number of carbonyl (C=O) groups excluding carboxylic acids is 2. The van der Waals surface area contributed by atoms with Gasteiger partial charge in [0.15, 0.2) is 0 Å². The fourth-order valence-electron chi connectivity index (χ4n) is 2.33. The van der Waals surface area contributed by atoms with Crippen molar-refractivity contribution in [3.63, 3.8) is 0 Å². The molecular formula is C14H19N3O3. The van der Waals surface area contributed by atoms with E-state index in [1.165, 1.54) is 0 Å². The summed E-state index contributed by atoms with van der Waals surface area (Å²) in [6, 6.07) is 7.21. The highest BCUT2D eigenvalue weighted by Crippen LogP contribution is 2.30. The van der Waals surface area contributed by atoms with Crippen LogP contribution in [0.25, 0.3) is 0 Å². The van der Waals surface area contributed by atoms with Crippen molar-refractivity contribution >= 4 is 17.5 Å². The van der Waals surface area contributed by atoms with Gasteiger partial charge in [-0.3, -0.25) is 9.59 Å². The standard InChI is InChI=1S/C14H19N3O3/c1-15-8-13(18)16-10-7-14(19)17(9-10)11-5-3-4-6-12(11)20-2/h3-6,10,15H,7-9H2,1-2H3,(H,16,18). The van der Waals surface area contributed by atoms with Crippen molar-refractivity contribution in [2.24, 2.45) is 0 Å². The zero-order chi connectivity index (χ0) is 14.5. The van der Waals surface area contributed by atoms with Crippen LogP contribution in [0.5, 0.6) is 5.75 Å². The molecule has 1 aromatic carbocycles. The number of ether oxygens (including phenoxy) is 1. The fraction of sp³-hybridized carbons (Fsp3) is 0.429. The van der Waals surface area contributed by atoms with Crippen molar-refractivity contribution in [3.8, 4) is 5.75 Å². The van der Waals surface area contributed by atoms with E-state index in [0.29, 0.717) is 18.7 Å². The maximum atomic E-state index is 12.1. The molecule has 0 saturated carbocycles. The quantitative estimate of drug-likeness (QED) is 0.803. The number of hydrogen-bond acceptors (Lipinski definition) is 4. The van der Waals surface area contributed by atoms with Gasteiger partial charge in [0.1, 0.15) is 5.75 Å². The number of nitrogens with one attached hydrogen (secondary N) is 2. The molecule has 0 aromatic heterocycles. The number of amides is 2. The van der Waals surface area contributed by atoms with Crippen LogP contribution in [0.3, 0.4) is 0 Å². The predicted octanol–water partition coefficient (Wildman–Crippen LogP) is 0.136. The largest absolute Gasteiger partial charge is 0.495 e. The van der Waals surface area contributed by atoms with E-state index >= 15 is 0 Å². The average molecular weight is 277 g/mol. The summed E-state index contributed by atoms with van der Waals surface area (Å²) in [5.74, 6) is 0.541. The first-order valence-electron chi connectivity index (χ1n) is 6.53. The first-order chi connectivity index (χ1) is 9.65. The molecule has 6 heteroatoms. The van der Waals surface area contributed by atoms with E-state index in [4.69, 9.17) is 4.74 Å². The van der Waals surface area contributed by atoms with Crippen LogP contribution < -0.4 is 20.3 Å². The van der Waals surface area contributed by atoms with Gasteiger partial charge in [-0.15, -0.1) is 0 Å². The summed E-state index contributed by atoms with van der Waals surface area (Å²) in [7, 11) is 3.28. The highest BCUT2D eigenvalue weighted by Gasteiger charge is 2.32. The van der Waals surface area contributed by atoms with Gasteiger partial charge in [-0.2, -0.15) is 0 Å². The molecule has 0 radical (unpaired) electrons. The predicted molar refractivity (Wildman–Crippen MR) is 75.8 cm³/mol. The molecule has 6 nitrogen and oxygen atoms in total. The lowest BCUT2D eigenvalue weighted by atomic mass is 10.2. The number of rotatable bonds is 5. The summed E-state index contributed by atoms with van der Waals surface area (Å²) >= 11 is 0. The van der Waals surface area contributed by atoms with Crippen molar-refractivity contribution < 1.29 is 14.3 Å².